The highest BCUT2D eigenvalue weighted by Crippen LogP contribution is 2.12. The van der Waals surface area contributed by atoms with Crippen LogP contribution >= 0.6 is 0 Å². The standard InChI is InChI=1S/C8H9NO2.C2H4N2/c1-5-2-3-7(9)6(4-5)8(10)11;3-1-2-4/h2-4H,9H2,1H3,(H,10,11);1-4H. The predicted molar refractivity (Wildman–Crippen MR) is 60.1 cm³/mol. The average molecular weight is 207 g/mol. The van der Waals surface area contributed by atoms with Crippen molar-refractivity contribution in [3.8, 4) is 0 Å². The second-order valence-corrected chi connectivity index (χ2v) is 2.73. The van der Waals surface area contributed by atoms with Crippen molar-refractivity contribution in [1.29, 1.82) is 10.8 Å². The molecule has 80 valence electrons. The van der Waals surface area contributed by atoms with Gasteiger partial charge < -0.3 is 21.7 Å². The number of rotatable bonds is 2. The molecule has 1 rings (SSSR count). The van der Waals surface area contributed by atoms with Gasteiger partial charge in [0, 0.05) is 18.1 Å². The van der Waals surface area contributed by atoms with Crippen LogP contribution in [-0.4, -0.2) is 23.5 Å². The number of carbonyl (C=O) groups is 1. The molecule has 0 heterocycles. The molecule has 0 aliphatic carbocycles. The molecule has 0 spiro atoms. The van der Waals surface area contributed by atoms with Gasteiger partial charge in [-0.3, -0.25) is 0 Å². The molecule has 0 aromatic heterocycles. The van der Waals surface area contributed by atoms with Gasteiger partial charge in [-0.25, -0.2) is 4.79 Å². The maximum absolute atomic E-state index is 10.5. The molecule has 0 saturated heterocycles. The Hall–Kier alpha value is -2.17. The maximum Gasteiger partial charge on any atom is 0.337 e. The van der Waals surface area contributed by atoms with Gasteiger partial charge in [-0.2, -0.15) is 0 Å². The molecule has 0 radical (unpaired) electrons. The molecule has 0 fully saturated rings. The summed E-state index contributed by atoms with van der Waals surface area (Å²) in [6, 6.07) is 4.93. The van der Waals surface area contributed by atoms with Crippen LogP contribution in [0, 0.1) is 17.7 Å². The third-order valence-corrected chi connectivity index (χ3v) is 1.52. The molecule has 5 N–H and O–H groups in total. The third kappa shape index (κ3) is 4.56. The van der Waals surface area contributed by atoms with E-state index in [4.69, 9.17) is 21.7 Å². The van der Waals surface area contributed by atoms with Crippen molar-refractivity contribution in [3.63, 3.8) is 0 Å². The topological polar surface area (TPSA) is 111 Å². The molecular formula is C10H13N3O2. The third-order valence-electron chi connectivity index (χ3n) is 1.52. The summed E-state index contributed by atoms with van der Waals surface area (Å²) in [6.07, 6.45) is 1.83. The van der Waals surface area contributed by atoms with Crippen molar-refractivity contribution in [1.82, 2.24) is 0 Å². The number of hydrogen-bond donors (Lipinski definition) is 4. The molecule has 0 unspecified atom stereocenters. The molecule has 0 bridgehead atoms. The molecule has 0 aliphatic heterocycles. The van der Waals surface area contributed by atoms with E-state index in [0.29, 0.717) is 5.69 Å². The summed E-state index contributed by atoms with van der Waals surface area (Å²) in [5, 5.41) is 20.8. The normalized spacial score (nSPS) is 8.33. The lowest BCUT2D eigenvalue weighted by atomic mass is 10.1. The first-order valence-corrected chi connectivity index (χ1v) is 4.12. The number of carboxylic acids is 1. The summed E-state index contributed by atoms with van der Waals surface area (Å²) in [5.74, 6) is -0.980. The van der Waals surface area contributed by atoms with Crippen LogP contribution in [-0.2, 0) is 0 Å². The van der Waals surface area contributed by atoms with E-state index in [-0.39, 0.29) is 5.56 Å². The number of nitrogens with two attached hydrogens (primary N) is 1. The highest BCUT2D eigenvalue weighted by atomic mass is 16.4. The summed E-state index contributed by atoms with van der Waals surface area (Å²) in [7, 11) is 0. The van der Waals surface area contributed by atoms with Gasteiger partial charge >= 0.3 is 5.97 Å². The summed E-state index contributed by atoms with van der Waals surface area (Å²) in [5.41, 5.74) is 6.79. The Morgan fingerprint density at radius 2 is 1.93 bits per heavy atom. The van der Waals surface area contributed by atoms with Crippen molar-refractivity contribution < 1.29 is 9.90 Å². The Balaban J connectivity index is 0.000000423. The molecule has 0 amide bonds. The van der Waals surface area contributed by atoms with E-state index in [1.807, 2.05) is 6.92 Å². The first kappa shape index (κ1) is 12.8. The van der Waals surface area contributed by atoms with Gasteiger partial charge in [-0.1, -0.05) is 11.6 Å². The molecular weight excluding hydrogens is 194 g/mol. The fourth-order valence-corrected chi connectivity index (χ4v) is 0.855. The zero-order chi connectivity index (χ0) is 11.8. The zero-order valence-electron chi connectivity index (χ0n) is 8.32. The van der Waals surface area contributed by atoms with Crippen LogP contribution in [0.5, 0.6) is 0 Å². The van der Waals surface area contributed by atoms with Gasteiger partial charge in [0.2, 0.25) is 0 Å². The molecule has 0 atom stereocenters. The smallest absolute Gasteiger partial charge is 0.337 e. The Labute approximate surface area is 87.6 Å². The number of carboxylic acid groups (broad SMARTS) is 1. The second kappa shape index (κ2) is 6.31. The highest BCUT2D eigenvalue weighted by molar-refractivity contribution is 6.12. The number of benzene rings is 1. The SMILES string of the molecule is Cc1ccc(N)c(C(=O)O)c1.N=CC=N. The molecule has 5 nitrogen and oxygen atoms in total. The highest BCUT2D eigenvalue weighted by Gasteiger charge is 2.05. The quantitative estimate of drug-likeness (QED) is 0.436. The number of aryl methyl sites for hydroxylation is 1. The Bertz CT molecular complexity index is 369. The number of anilines is 1. The number of aromatic carboxylic acids is 1. The number of hydrogen-bond acceptors (Lipinski definition) is 4. The molecule has 1 aromatic carbocycles. The van der Waals surface area contributed by atoms with Crippen LogP contribution in [0.4, 0.5) is 5.69 Å². The van der Waals surface area contributed by atoms with E-state index in [9.17, 15) is 4.79 Å². The number of nitrogen functional groups attached to an aromatic ring is 1. The van der Waals surface area contributed by atoms with Gasteiger partial charge in [-0.05, 0) is 19.1 Å². The minimum atomic E-state index is -0.980. The lowest BCUT2D eigenvalue weighted by Crippen LogP contribution is -2.02. The first-order chi connectivity index (χ1) is 7.02. The minimum Gasteiger partial charge on any atom is -0.478 e. The van der Waals surface area contributed by atoms with E-state index in [0.717, 1.165) is 18.0 Å². The fraction of sp³-hybridized carbons (Fsp3) is 0.100. The van der Waals surface area contributed by atoms with Crippen molar-refractivity contribution >= 4 is 24.1 Å². The largest absolute Gasteiger partial charge is 0.478 e. The summed E-state index contributed by atoms with van der Waals surface area (Å²) in [6.45, 7) is 1.83. The molecule has 0 aliphatic rings. The van der Waals surface area contributed by atoms with Gasteiger partial charge in [-0.15, -0.1) is 0 Å². The van der Waals surface area contributed by atoms with Crippen molar-refractivity contribution in [3.05, 3.63) is 29.3 Å². The van der Waals surface area contributed by atoms with E-state index < -0.39 is 5.97 Å². The van der Waals surface area contributed by atoms with Gasteiger partial charge in [0.15, 0.2) is 0 Å². The van der Waals surface area contributed by atoms with Crippen molar-refractivity contribution in [2.24, 2.45) is 0 Å². The monoisotopic (exact) mass is 207 g/mol. The maximum atomic E-state index is 10.5. The summed E-state index contributed by atoms with van der Waals surface area (Å²) < 4.78 is 0. The molecule has 15 heavy (non-hydrogen) atoms. The van der Waals surface area contributed by atoms with Crippen LogP contribution < -0.4 is 5.73 Å². The summed E-state index contributed by atoms with van der Waals surface area (Å²) in [4.78, 5) is 10.5. The fourth-order valence-electron chi connectivity index (χ4n) is 0.855. The average Bonchev–Trinajstić information content (AvgIpc) is 2.22. The van der Waals surface area contributed by atoms with Crippen LogP contribution in [0.2, 0.25) is 0 Å². The van der Waals surface area contributed by atoms with Crippen LogP contribution in [0.15, 0.2) is 18.2 Å². The lowest BCUT2D eigenvalue weighted by molar-refractivity contribution is 0.0698. The Kier molecular flexibility index (Phi) is 5.40. The summed E-state index contributed by atoms with van der Waals surface area (Å²) >= 11 is 0. The molecule has 1 aromatic rings. The van der Waals surface area contributed by atoms with Gasteiger partial charge in [0.05, 0.1) is 5.56 Å². The van der Waals surface area contributed by atoms with Crippen molar-refractivity contribution in [2.75, 3.05) is 5.73 Å². The van der Waals surface area contributed by atoms with E-state index >= 15 is 0 Å². The van der Waals surface area contributed by atoms with E-state index in [1.165, 1.54) is 0 Å². The molecule has 0 saturated carbocycles. The van der Waals surface area contributed by atoms with Gasteiger partial charge in [0.25, 0.3) is 0 Å². The van der Waals surface area contributed by atoms with Gasteiger partial charge in [0.1, 0.15) is 0 Å². The lowest BCUT2D eigenvalue weighted by Gasteiger charge is -2.00. The Morgan fingerprint density at radius 1 is 1.40 bits per heavy atom. The number of nitrogens with one attached hydrogen (secondary N) is 2. The van der Waals surface area contributed by atoms with E-state index in [2.05, 4.69) is 0 Å². The van der Waals surface area contributed by atoms with Crippen LogP contribution in [0.3, 0.4) is 0 Å². The van der Waals surface area contributed by atoms with Crippen LogP contribution in [0.1, 0.15) is 15.9 Å². The van der Waals surface area contributed by atoms with Crippen LogP contribution in [0.25, 0.3) is 0 Å². The van der Waals surface area contributed by atoms with E-state index in [1.54, 1.807) is 18.2 Å². The van der Waals surface area contributed by atoms with Crippen molar-refractivity contribution in [2.45, 2.75) is 6.92 Å². The second-order valence-electron chi connectivity index (χ2n) is 2.73. The Morgan fingerprint density at radius 3 is 2.27 bits per heavy atom. The molecule has 5 heteroatoms. The first-order valence-electron chi connectivity index (χ1n) is 4.12. The zero-order valence-corrected chi connectivity index (χ0v) is 8.32. The minimum absolute atomic E-state index is 0.171. The predicted octanol–water partition coefficient (Wildman–Crippen LogP) is 1.56.